The van der Waals surface area contributed by atoms with E-state index in [2.05, 4.69) is 5.32 Å². The Morgan fingerprint density at radius 1 is 1.40 bits per heavy atom. The summed E-state index contributed by atoms with van der Waals surface area (Å²) in [5.74, 6) is -0.282. The fourth-order valence-electron chi connectivity index (χ4n) is 2.03. The minimum atomic E-state index is -0.948. The molecular formula is C14H21N3O3. The van der Waals surface area contributed by atoms with Crippen molar-refractivity contribution in [3.8, 4) is 0 Å². The lowest BCUT2D eigenvalue weighted by Crippen LogP contribution is -2.48. The summed E-state index contributed by atoms with van der Waals surface area (Å²) in [4.78, 5) is 22.6. The van der Waals surface area contributed by atoms with Gasteiger partial charge in [0.05, 0.1) is 10.5 Å². The van der Waals surface area contributed by atoms with Crippen LogP contribution in [0.5, 0.6) is 0 Å². The van der Waals surface area contributed by atoms with Crippen molar-refractivity contribution in [1.82, 2.24) is 0 Å². The number of anilines is 1. The number of nitrogens with one attached hydrogen (secondary N) is 1. The van der Waals surface area contributed by atoms with E-state index in [1.165, 1.54) is 6.07 Å². The third kappa shape index (κ3) is 3.54. The number of nitro groups is 1. The molecule has 1 aromatic rings. The molecule has 0 spiro atoms. The van der Waals surface area contributed by atoms with Gasteiger partial charge in [-0.15, -0.1) is 0 Å². The molecule has 1 unspecified atom stereocenters. The molecule has 0 radical (unpaired) electrons. The van der Waals surface area contributed by atoms with Gasteiger partial charge in [0.2, 0.25) is 5.91 Å². The third-order valence-corrected chi connectivity index (χ3v) is 3.28. The Morgan fingerprint density at radius 3 is 2.50 bits per heavy atom. The molecule has 6 heteroatoms. The molecule has 6 nitrogen and oxygen atoms in total. The lowest BCUT2D eigenvalue weighted by molar-refractivity contribution is -0.385. The van der Waals surface area contributed by atoms with Crippen LogP contribution in [0.1, 0.15) is 37.8 Å². The van der Waals surface area contributed by atoms with E-state index in [9.17, 15) is 14.9 Å². The SMILES string of the molecule is CCCC(C)(N)C(=O)Nc1cc(C)c([N+](=O)[O-])cc1C. The summed E-state index contributed by atoms with van der Waals surface area (Å²) < 4.78 is 0. The fourth-order valence-corrected chi connectivity index (χ4v) is 2.03. The van der Waals surface area contributed by atoms with Gasteiger partial charge in [0.15, 0.2) is 0 Å². The normalized spacial score (nSPS) is 13.7. The van der Waals surface area contributed by atoms with Crippen LogP contribution >= 0.6 is 0 Å². The largest absolute Gasteiger partial charge is 0.324 e. The van der Waals surface area contributed by atoms with Crippen LogP contribution in [0.25, 0.3) is 0 Å². The first-order chi connectivity index (χ1) is 9.19. The van der Waals surface area contributed by atoms with Crippen LogP contribution in [0.3, 0.4) is 0 Å². The number of carbonyl (C=O) groups is 1. The van der Waals surface area contributed by atoms with Crippen LogP contribution in [0.15, 0.2) is 12.1 Å². The number of rotatable bonds is 5. The summed E-state index contributed by atoms with van der Waals surface area (Å²) in [6.07, 6.45) is 1.38. The standard InChI is InChI=1S/C14H21N3O3/c1-5-6-14(4,15)13(18)16-11-7-10(3)12(17(19)20)8-9(11)2/h7-8H,5-6,15H2,1-4H3,(H,16,18). The molecule has 0 saturated carbocycles. The van der Waals surface area contributed by atoms with Crippen molar-refractivity contribution in [3.05, 3.63) is 33.4 Å². The average Bonchev–Trinajstić information content (AvgIpc) is 2.32. The fraction of sp³-hybridized carbons (Fsp3) is 0.500. The zero-order chi connectivity index (χ0) is 15.5. The number of nitrogens with two attached hydrogens (primary N) is 1. The van der Waals surface area contributed by atoms with Gasteiger partial charge in [-0.1, -0.05) is 13.3 Å². The van der Waals surface area contributed by atoms with Crippen molar-refractivity contribution >= 4 is 17.3 Å². The molecular weight excluding hydrogens is 258 g/mol. The van der Waals surface area contributed by atoms with E-state index in [-0.39, 0.29) is 11.6 Å². The second kappa shape index (κ2) is 6.00. The molecule has 0 aromatic heterocycles. The van der Waals surface area contributed by atoms with Crippen molar-refractivity contribution < 1.29 is 9.72 Å². The monoisotopic (exact) mass is 279 g/mol. The van der Waals surface area contributed by atoms with E-state index in [4.69, 9.17) is 5.73 Å². The van der Waals surface area contributed by atoms with Crippen molar-refractivity contribution in [2.24, 2.45) is 5.73 Å². The van der Waals surface area contributed by atoms with E-state index in [1.807, 2.05) is 6.92 Å². The van der Waals surface area contributed by atoms with Crippen LogP contribution in [-0.4, -0.2) is 16.4 Å². The topological polar surface area (TPSA) is 98.3 Å². The Balaban J connectivity index is 3.02. The summed E-state index contributed by atoms with van der Waals surface area (Å²) in [7, 11) is 0. The molecule has 1 rings (SSSR count). The van der Waals surface area contributed by atoms with Gasteiger partial charge in [0.25, 0.3) is 5.69 Å². The number of nitrogens with zero attached hydrogens (tertiary/aromatic N) is 1. The molecule has 0 bridgehead atoms. The molecule has 20 heavy (non-hydrogen) atoms. The van der Waals surface area contributed by atoms with E-state index in [0.717, 1.165) is 6.42 Å². The number of aryl methyl sites for hydroxylation is 2. The average molecular weight is 279 g/mol. The molecule has 1 aromatic carbocycles. The molecule has 1 atom stereocenters. The summed E-state index contributed by atoms with van der Waals surface area (Å²) in [5, 5.41) is 13.6. The number of nitro benzene ring substituents is 1. The molecule has 0 aliphatic carbocycles. The van der Waals surface area contributed by atoms with Crippen LogP contribution in [0.2, 0.25) is 0 Å². The van der Waals surface area contributed by atoms with Gasteiger partial charge < -0.3 is 11.1 Å². The van der Waals surface area contributed by atoms with Crippen molar-refractivity contribution in [2.75, 3.05) is 5.32 Å². The summed E-state index contributed by atoms with van der Waals surface area (Å²) in [6, 6.07) is 3.06. The minimum Gasteiger partial charge on any atom is -0.324 e. The van der Waals surface area contributed by atoms with E-state index in [0.29, 0.717) is 23.2 Å². The molecule has 0 fully saturated rings. The molecule has 0 heterocycles. The first-order valence-electron chi connectivity index (χ1n) is 6.55. The van der Waals surface area contributed by atoms with Gasteiger partial charge in [-0.2, -0.15) is 0 Å². The van der Waals surface area contributed by atoms with Gasteiger partial charge >= 0.3 is 0 Å². The molecule has 0 aliphatic rings. The van der Waals surface area contributed by atoms with Gasteiger partial charge in [0.1, 0.15) is 0 Å². The molecule has 0 aliphatic heterocycles. The second-order valence-corrected chi connectivity index (χ2v) is 5.33. The Hall–Kier alpha value is -1.95. The number of amides is 1. The highest BCUT2D eigenvalue weighted by molar-refractivity contribution is 5.98. The number of carbonyl (C=O) groups excluding carboxylic acids is 1. The first kappa shape index (κ1) is 16.1. The third-order valence-electron chi connectivity index (χ3n) is 3.28. The van der Waals surface area contributed by atoms with Crippen LogP contribution < -0.4 is 11.1 Å². The summed E-state index contributed by atoms with van der Waals surface area (Å²) in [5.41, 5.74) is 6.77. The minimum absolute atomic E-state index is 0.0459. The van der Waals surface area contributed by atoms with E-state index >= 15 is 0 Å². The van der Waals surface area contributed by atoms with Gasteiger partial charge in [-0.3, -0.25) is 14.9 Å². The van der Waals surface area contributed by atoms with Gasteiger partial charge in [-0.05, 0) is 38.8 Å². The maximum absolute atomic E-state index is 12.1. The maximum atomic E-state index is 12.1. The number of hydrogen-bond acceptors (Lipinski definition) is 4. The summed E-state index contributed by atoms with van der Waals surface area (Å²) in [6.45, 7) is 7.00. The lowest BCUT2D eigenvalue weighted by atomic mass is 9.96. The Morgan fingerprint density at radius 2 is 2.00 bits per heavy atom. The maximum Gasteiger partial charge on any atom is 0.272 e. The zero-order valence-corrected chi connectivity index (χ0v) is 12.3. The summed E-state index contributed by atoms with van der Waals surface area (Å²) >= 11 is 0. The first-order valence-corrected chi connectivity index (χ1v) is 6.55. The van der Waals surface area contributed by atoms with Crippen molar-refractivity contribution in [1.29, 1.82) is 0 Å². The van der Waals surface area contributed by atoms with Gasteiger partial charge in [0, 0.05) is 17.3 Å². The van der Waals surface area contributed by atoms with Crippen LogP contribution in [-0.2, 0) is 4.79 Å². The molecule has 0 saturated heterocycles. The number of hydrogen-bond donors (Lipinski definition) is 2. The predicted molar refractivity (Wildman–Crippen MR) is 78.7 cm³/mol. The highest BCUT2D eigenvalue weighted by atomic mass is 16.6. The predicted octanol–water partition coefficient (Wildman–Crippen LogP) is 2.67. The smallest absolute Gasteiger partial charge is 0.272 e. The zero-order valence-electron chi connectivity index (χ0n) is 12.3. The van der Waals surface area contributed by atoms with Crippen molar-refractivity contribution in [3.63, 3.8) is 0 Å². The Bertz CT molecular complexity index is 539. The second-order valence-electron chi connectivity index (χ2n) is 5.33. The Labute approximate surface area is 118 Å². The molecule has 3 N–H and O–H groups in total. The van der Waals surface area contributed by atoms with Crippen molar-refractivity contribution in [2.45, 2.75) is 46.1 Å². The quantitative estimate of drug-likeness (QED) is 0.639. The van der Waals surface area contributed by atoms with E-state index < -0.39 is 10.5 Å². The van der Waals surface area contributed by atoms with Gasteiger partial charge in [-0.25, -0.2) is 0 Å². The van der Waals surface area contributed by atoms with E-state index in [1.54, 1.807) is 26.8 Å². The molecule has 110 valence electrons. The molecule has 1 amide bonds. The lowest BCUT2D eigenvalue weighted by Gasteiger charge is -2.23. The van der Waals surface area contributed by atoms with Crippen LogP contribution in [0.4, 0.5) is 11.4 Å². The highest BCUT2D eigenvalue weighted by Gasteiger charge is 2.28. The Kier molecular flexibility index (Phi) is 4.83. The van der Waals surface area contributed by atoms with Crippen LogP contribution in [0, 0.1) is 24.0 Å². The number of benzene rings is 1. The highest BCUT2D eigenvalue weighted by Crippen LogP contribution is 2.26.